The second-order valence-electron chi connectivity index (χ2n) is 4.39. The number of rotatable bonds is 3. The minimum atomic E-state index is 0.0381. The van der Waals surface area contributed by atoms with Crippen molar-refractivity contribution in [2.45, 2.75) is 38.5 Å². The van der Waals surface area contributed by atoms with Crippen LogP contribution in [0.3, 0.4) is 0 Å². The van der Waals surface area contributed by atoms with E-state index in [4.69, 9.17) is 0 Å². The van der Waals surface area contributed by atoms with Crippen molar-refractivity contribution in [3.05, 3.63) is 30.1 Å². The number of carbonyl (C=O) groups excluding carboxylic acids is 1. The third-order valence-corrected chi connectivity index (χ3v) is 3.39. The van der Waals surface area contributed by atoms with Crippen LogP contribution in [0.25, 0.3) is 0 Å². The molecule has 2 heteroatoms. The van der Waals surface area contributed by atoms with E-state index in [-0.39, 0.29) is 5.92 Å². The summed E-state index contributed by atoms with van der Waals surface area (Å²) in [7, 11) is 0. The molecule has 1 saturated carbocycles. The number of aromatic nitrogens is 1. The molecule has 1 aliphatic rings. The first-order valence-electron chi connectivity index (χ1n) is 5.72. The number of carbonyl (C=O) groups is 1. The minimum Gasteiger partial charge on any atom is -0.299 e. The topological polar surface area (TPSA) is 30.0 Å². The van der Waals surface area contributed by atoms with E-state index in [0.29, 0.717) is 11.7 Å². The number of hydrogen-bond donors (Lipinski definition) is 0. The first-order chi connectivity index (χ1) is 7.29. The van der Waals surface area contributed by atoms with Gasteiger partial charge in [-0.1, -0.05) is 19.8 Å². The zero-order valence-corrected chi connectivity index (χ0v) is 9.15. The van der Waals surface area contributed by atoms with E-state index in [0.717, 1.165) is 18.4 Å². The largest absolute Gasteiger partial charge is 0.299 e. The molecule has 0 N–H and O–H groups in total. The SMILES string of the molecule is CC(C(=O)C1CCCC1)c1ccncc1. The molecule has 0 saturated heterocycles. The average molecular weight is 203 g/mol. The fourth-order valence-corrected chi connectivity index (χ4v) is 2.38. The van der Waals surface area contributed by atoms with Crippen molar-refractivity contribution in [3.63, 3.8) is 0 Å². The lowest BCUT2D eigenvalue weighted by atomic mass is 9.88. The molecular weight excluding hydrogens is 186 g/mol. The van der Waals surface area contributed by atoms with Crippen LogP contribution in [-0.4, -0.2) is 10.8 Å². The normalized spacial score (nSPS) is 19.0. The predicted octanol–water partition coefficient (Wildman–Crippen LogP) is 2.94. The van der Waals surface area contributed by atoms with Crippen molar-refractivity contribution < 1.29 is 4.79 Å². The average Bonchev–Trinajstić information content (AvgIpc) is 2.82. The van der Waals surface area contributed by atoms with E-state index >= 15 is 0 Å². The zero-order valence-electron chi connectivity index (χ0n) is 9.15. The van der Waals surface area contributed by atoms with Gasteiger partial charge in [-0.2, -0.15) is 0 Å². The molecule has 1 unspecified atom stereocenters. The van der Waals surface area contributed by atoms with Crippen LogP contribution in [0.1, 0.15) is 44.1 Å². The Labute approximate surface area is 90.7 Å². The summed E-state index contributed by atoms with van der Waals surface area (Å²) in [6.45, 7) is 2.01. The highest BCUT2D eigenvalue weighted by Crippen LogP contribution is 2.30. The molecular formula is C13H17NO. The van der Waals surface area contributed by atoms with Crippen molar-refractivity contribution in [3.8, 4) is 0 Å². The third kappa shape index (κ3) is 2.25. The van der Waals surface area contributed by atoms with Gasteiger partial charge in [0, 0.05) is 24.2 Å². The van der Waals surface area contributed by atoms with Crippen LogP contribution in [0, 0.1) is 5.92 Å². The lowest BCUT2D eigenvalue weighted by Gasteiger charge is -2.15. The highest BCUT2D eigenvalue weighted by molar-refractivity contribution is 5.87. The van der Waals surface area contributed by atoms with E-state index in [9.17, 15) is 4.79 Å². The maximum atomic E-state index is 12.1. The molecule has 1 atom stereocenters. The molecule has 15 heavy (non-hydrogen) atoms. The van der Waals surface area contributed by atoms with Gasteiger partial charge in [0.2, 0.25) is 0 Å². The molecule has 2 nitrogen and oxygen atoms in total. The molecule has 2 rings (SSSR count). The maximum absolute atomic E-state index is 12.1. The van der Waals surface area contributed by atoms with E-state index in [2.05, 4.69) is 4.98 Å². The van der Waals surface area contributed by atoms with E-state index < -0.39 is 0 Å². The summed E-state index contributed by atoms with van der Waals surface area (Å²) in [5.74, 6) is 0.767. The number of Topliss-reactive ketones (excluding diaryl/α,β-unsaturated/α-hetero) is 1. The monoisotopic (exact) mass is 203 g/mol. The smallest absolute Gasteiger partial charge is 0.143 e. The lowest BCUT2D eigenvalue weighted by molar-refractivity contribution is -0.123. The summed E-state index contributed by atoms with van der Waals surface area (Å²) >= 11 is 0. The Kier molecular flexibility index (Phi) is 3.14. The van der Waals surface area contributed by atoms with Crippen LogP contribution in [-0.2, 0) is 4.79 Å². The van der Waals surface area contributed by atoms with Crippen molar-refractivity contribution in [1.82, 2.24) is 4.98 Å². The molecule has 0 aliphatic heterocycles. The summed E-state index contributed by atoms with van der Waals surface area (Å²) in [6.07, 6.45) is 8.14. The quantitative estimate of drug-likeness (QED) is 0.756. The molecule has 1 heterocycles. The summed E-state index contributed by atoms with van der Waals surface area (Å²) in [5.41, 5.74) is 1.10. The molecule has 1 fully saturated rings. The van der Waals surface area contributed by atoms with Crippen molar-refractivity contribution >= 4 is 5.78 Å². The first-order valence-corrected chi connectivity index (χ1v) is 5.72. The molecule has 0 amide bonds. The van der Waals surface area contributed by atoms with Gasteiger partial charge < -0.3 is 0 Å². The number of nitrogens with zero attached hydrogens (tertiary/aromatic N) is 1. The fraction of sp³-hybridized carbons (Fsp3) is 0.538. The van der Waals surface area contributed by atoms with Crippen LogP contribution in [0.2, 0.25) is 0 Å². The number of ketones is 1. The van der Waals surface area contributed by atoms with Crippen LogP contribution >= 0.6 is 0 Å². The van der Waals surface area contributed by atoms with Gasteiger partial charge in [-0.15, -0.1) is 0 Å². The van der Waals surface area contributed by atoms with Gasteiger partial charge in [-0.05, 0) is 30.5 Å². The highest BCUT2D eigenvalue weighted by atomic mass is 16.1. The number of pyridine rings is 1. The van der Waals surface area contributed by atoms with Crippen LogP contribution in [0.4, 0.5) is 0 Å². The lowest BCUT2D eigenvalue weighted by Crippen LogP contribution is -2.17. The molecule has 0 bridgehead atoms. The van der Waals surface area contributed by atoms with Crippen molar-refractivity contribution in [1.29, 1.82) is 0 Å². The fourth-order valence-electron chi connectivity index (χ4n) is 2.38. The molecule has 0 spiro atoms. The third-order valence-electron chi connectivity index (χ3n) is 3.39. The van der Waals surface area contributed by atoms with E-state index in [1.165, 1.54) is 12.8 Å². The molecule has 0 aromatic carbocycles. The second-order valence-corrected chi connectivity index (χ2v) is 4.39. The second kappa shape index (κ2) is 4.56. The van der Waals surface area contributed by atoms with Gasteiger partial charge in [-0.3, -0.25) is 9.78 Å². The van der Waals surface area contributed by atoms with Crippen LogP contribution < -0.4 is 0 Å². The standard InChI is InChI=1S/C13H17NO/c1-10(11-6-8-14-9-7-11)13(15)12-4-2-3-5-12/h6-10,12H,2-5H2,1H3. The Hall–Kier alpha value is -1.18. The van der Waals surface area contributed by atoms with Crippen molar-refractivity contribution in [2.24, 2.45) is 5.92 Å². The molecule has 1 aliphatic carbocycles. The first kappa shape index (κ1) is 10.3. The van der Waals surface area contributed by atoms with Gasteiger partial charge in [0.05, 0.1) is 0 Å². The molecule has 0 radical (unpaired) electrons. The Morgan fingerprint density at radius 2 is 1.93 bits per heavy atom. The summed E-state index contributed by atoms with van der Waals surface area (Å²) in [5, 5.41) is 0. The Morgan fingerprint density at radius 3 is 2.53 bits per heavy atom. The van der Waals surface area contributed by atoms with Crippen molar-refractivity contribution in [2.75, 3.05) is 0 Å². The summed E-state index contributed by atoms with van der Waals surface area (Å²) in [4.78, 5) is 16.1. The van der Waals surface area contributed by atoms with Crippen LogP contribution in [0.15, 0.2) is 24.5 Å². The molecule has 1 aromatic rings. The minimum absolute atomic E-state index is 0.0381. The summed E-state index contributed by atoms with van der Waals surface area (Å²) < 4.78 is 0. The van der Waals surface area contributed by atoms with Gasteiger partial charge in [0.15, 0.2) is 0 Å². The highest BCUT2D eigenvalue weighted by Gasteiger charge is 2.27. The summed E-state index contributed by atoms with van der Waals surface area (Å²) in [6, 6.07) is 3.88. The Morgan fingerprint density at radius 1 is 1.33 bits per heavy atom. The van der Waals surface area contributed by atoms with Gasteiger partial charge >= 0.3 is 0 Å². The van der Waals surface area contributed by atoms with Crippen LogP contribution in [0.5, 0.6) is 0 Å². The zero-order chi connectivity index (χ0) is 10.7. The van der Waals surface area contributed by atoms with Gasteiger partial charge in [0.1, 0.15) is 5.78 Å². The van der Waals surface area contributed by atoms with E-state index in [1.807, 2.05) is 19.1 Å². The number of hydrogen-bond acceptors (Lipinski definition) is 2. The van der Waals surface area contributed by atoms with E-state index in [1.54, 1.807) is 12.4 Å². The Balaban J connectivity index is 2.07. The van der Waals surface area contributed by atoms with Gasteiger partial charge in [0.25, 0.3) is 0 Å². The molecule has 1 aromatic heterocycles. The molecule has 80 valence electrons. The Bertz CT molecular complexity index is 328. The van der Waals surface area contributed by atoms with Gasteiger partial charge in [-0.25, -0.2) is 0 Å². The maximum Gasteiger partial charge on any atom is 0.143 e. The predicted molar refractivity (Wildman–Crippen MR) is 59.6 cm³/mol.